The lowest BCUT2D eigenvalue weighted by molar-refractivity contribution is 0.238. The molecule has 0 bridgehead atoms. The van der Waals surface area contributed by atoms with Crippen LogP contribution in [0.5, 0.6) is 0 Å². The van der Waals surface area contributed by atoms with Crippen LogP contribution in [0.4, 0.5) is 0 Å². The molecule has 0 amide bonds. The van der Waals surface area contributed by atoms with Gasteiger partial charge in [-0.3, -0.25) is 9.89 Å². The Labute approximate surface area is 192 Å². The minimum Gasteiger partial charge on any atom is -0.361 e. The third kappa shape index (κ3) is 7.97. The van der Waals surface area contributed by atoms with Crippen LogP contribution < -0.4 is 10.6 Å². The Morgan fingerprint density at radius 2 is 1.90 bits per heavy atom. The van der Waals surface area contributed by atoms with Gasteiger partial charge in [-0.2, -0.15) is 0 Å². The number of nitrogens with zero attached hydrogens (tertiary/aromatic N) is 3. The van der Waals surface area contributed by atoms with Crippen LogP contribution in [0, 0.1) is 0 Å². The summed E-state index contributed by atoms with van der Waals surface area (Å²) in [6.45, 7) is 8.95. The van der Waals surface area contributed by atoms with Crippen molar-refractivity contribution >= 4 is 29.9 Å². The van der Waals surface area contributed by atoms with Crippen LogP contribution in [0.15, 0.2) is 39.8 Å². The van der Waals surface area contributed by atoms with Crippen molar-refractivity contribution in [3.8, 4) is 0 Å². The van der Waals surface area contributed by atoms with Crippen molar-refractivity contribution in [2.75, 3.05) is 20.6 Å². The van der Waals surface area contributed by atoms with Gasteiger partial charge in [-0.05, 0) is 32.4 Å². The average molecular weight is 513 g/mol. The van der Waals surface area contributed by atoms with Gasteiger partial charge in [-0.1, -0.05) is 49.3 Å². The lowest BCUT2D eigenvalue weighted by Crippen LogP contribution is -2.39. The molecular weight excluding hydrogens is 477 g/mol. The molecule has 0 spiro atoms. The SMILES string of the molecule is CCc1noc(CC)c1CNC(=NC)NCCC(C)N(C)Cc1ccccc1.I. The molecule has 1 aromatic heterocycles. The summed E-state index contributed by atoms with van der Waals surface area (Å²) in [6, 6.07) is 11.1. The van der Waals surface area contributed by atoms with Gasteiger partial charge in [0.2, 0.25) is 0 Å². The molecule has 6 nitrogen and oxygen atoms in total. The Kier molecular flexibility index (Phi) is 11.9. The number of halogens is 1. The van der Waals surface area contributed by atoms with E-state index in [0.717, 1.165) is 55.3 Å². The van der Waals surface area contributed by atoms with Gasteiger partial charge in [-0.25, -0.2) is 0 Å². The van der Waals surface area contributed by atoms with E-state index in [1.807, 2.05) is 0 Å². The van der Waals surface area contributed by atoms with E-state index in [2.05, 4.69) is 83.8 Å². The normalized spacial score (nSPS) is 12.6. The number of hydrogen-bond donors (Lipinski definition) is 2. The van der Waals surface area contributed by atoms with Gasteiger partial charge >= 0.3 is 0 Å². The maximum Gasteiger partial charge on any atom is 0.191 e. The van der Waals surface area contributed by atoms with E-state index in [1.54, 1.807) is 7.05 Å². The Morgan fingerprint density at radius 1 is 1.17 bits per heavy atom. The Hall–Kier alpha value is -1.61. The Balaban J connectivity index is 0.00000420. The predicted octanol–water partition coefficient (Wildman–Crippen LogP) is 3.99. The van der Waals surface area contributed by atoms with Crippen molar-refractivity contribution in [2.24, 2.45) is 4.99 Å². The highest BCUT2D eigenvalue weighted by molar-refractivity contribution is 14.0. The van der Waals surface area contributed by atoms with Crippen molar-refractivity contribution in [3.05, 3.63) is 52.9 Å². The van der Waals surface area contributed by atoms with Crippen LogP contribution >= 0.6 is 24.0 Å². The standard InChI is InChI=1S/C22H35N5O.HI/c1-6-20-19(21(7-2)28-26-20)15-25-22(23-4)24-14-13-17(3)27(5)16-18-11-9-8-10-12-18;/h8-12,17H,6-7,13-16H2,1-5H3,(H2,23,24,25);1H. The third-order valence-corrected chi connectivity index (χ3v) is 5.14. The van der Waals surface area contributed by atoms with Gasteiger partial charge in [0, 0.05) is 44.7 Å². The van der Waals surface area contributed by atoms with Crippen LogP contribution in [0.2, 0.25) is 0 Å². The molecule has 0 saturated heterocycles. The molecule has 162 valence electrons. The molecule has 2 aromatic rings. The summed E-state index contributed by atoms with van der Waals surface area (Å²) in [5.74, 6) is 1.76. The largest absolute Gasteiger partial charge is 0.361 e. The quantitative estimate of drug-likeness (QED) is 0.286. The van der Waals surface area contributed by atoms with Crippen LogP contribution in [-0.4, -0.2) is 42.7 Å². The van der Waals surface area contributed by atoms with E-state index in [1.165, 1.54) is 5.56 Å². The van der Waals surface area contributed by atoms with Gasteiger partial charge < -0.3 is 15.2 Å². The van der Waals surface area contributed by atoms with Gasteiger partial charge in [0.15, 0.2) is 5.96 Å². The van der Waals surface area contributed by atoms with E-state index in [4.69, 9.17) is 4.52 Å². The molecule has 0 aliphatic rings. The van der Waals surface area contributed by atoms with Crippen LogP contribution in [0.1, 0.15) is 49.8 Å². The van der Waals surface area contributed by atoms with Gasteiger partial charge in [0.05, 0.1) is 5.69 Å². The summed E-state index contributed by atoms with van der Waals surface area (Å²) >= 11 is 0. The number of rotatable bonds is 10. The molecule has 7 heteroatoms. The molecule has 0 saturated carbocycles. The van der Waals surface area contributed by atoms with E-state index < -0.39 is 0 Å². The number of hydrogen-bond acceptors (Lipinski definition) is 4. The van der Waals surface area contributed by atoms with Crippen LogP contribution in [-0.2, 0) is 25.9 Å². The van der Waals surface area contributed by atoms with Crippen molar-refractivity contribution in [3.63, 3.8) is 0 Å². The fourth-order valence-corrected chi connectivity index (χ4v) is 3.18. The zero-order chi connectivity index (χ0) is 20.4. The molecule has 1 unspecified atom stereocenters. The fourth-order valence-electron chi connectivity index (χ4n) is 3.18. The summed E-state index contributed by atoms with van der Waals surface area (Å²) in [4.78, 5) is 6.72. The van der Waals surface area contributed by atoms with Gasteiger partial charge in [0.25, 0.3) is 0 Å². The number of aryl methyl sites for hydroxylation is 2. The highest BCUT2D eigenvalue weighted by Gasteiger charge is 2.14. The highest BCUT2D eigenvalue weighted by Crippen LogP contribution is 2.15. The molecule has 1 heterocycles. The maximum atomic E-state index is 5.43. The highest BCUT2D eigenvalue weighted by atomic mass is 127. The lowest BCUT2D eigenvalue weighted by atomic mass is 10.1. The summed E-state index contributed by atoms with van der Waals surface area (Å²) in [7, 11) is 3.98. The number of aliphatic imine (C=N–C) groups is 1. The van der Waals surface area contributed by atoms with Crippen molar-refractivity contribution in [1.29, 1.82) is 0 Å². The smallest absolute Gasteiger partial charge is 0.191 e. The van der Waals surface area contributed by atoms with Crippen molar-refractivity contribution in [2.45, 2.75) is 59.2 Å². The van der Waals surface area contributed by atoms with Gasteiger partial charge in [-0.15, -0.1) is 24.0 Å². The molecular formula is C22H36IN5O. The Morgan fingerprint density at radius 3 is 2.52 bits per heavy atom. The average Bonchev–Trinajstić information content (AvgIpc) is 3.13. The lowest BCUT2D eigenvalue weighted by Gasteiger charge is -2.25. The summed E-state index contributed by atoms with van der Waals surface area (Å²) in [6.07, 6.45) is 2.76. The topological polar surface area (TPSA) is 65.7 Å². The zero-order valence-corrected chi connectivity index (χ0v) is 20.7. The van der Waals surface area contributed by atoms with E-state index in [0.29, 0.717) is 12.6 Å². The third-order valence-electron chi connectivity index (χ3n) is 5.14. The first-order chi connectivity index (χ1) is 13.6. The predicted molar refractivity (Wildman–Crippen MR) is 131 cm³/mol. The molecule has 0 aliphatic carbocycles. The van der Waals surface area contributed by atoms with Gasteiger partial charge in [0.1, 0.15) is 5.76 Å². The molecule has 1 atom stereocenters. The molecule has 2 rings (SSSR count). The number of guanidine groups is 1. The zero-order valence-electron chi connectivity index (χ0n) is 18.4. The number of benzene rings is 1. The van der Waals surface area contributed by atoms with Crippen molar-refractivity contribution < 1.29 is 4.52 Å². The minimum atomic E-state index is 0. The summed E-state index contributed by atoms with van der Waals surface area (Å²) < 4.78 is 5.43. The second kappa shape index (κ2) is 13.6. The monoisotopic (exact) mass is 513 g/mol. The first kappa shape index (κ1) is 25.4. The second-order valence-corrected chi connectivity index (χ2v) is 7.13. The minimum absolute atomic E-state index is 0. The number of aromatic nitrogens is 1. The first-order valence-electron chi connectivity index (χ1n) is 10.2. The summed E-state index contributed by atoms with van der Waals surface area (Å²) in [5.41, 5.74) is 3.52. The molecule has 0 fully saturated rings. The summed E-state index contributed by atoms with van der Waals surface area (Å²) in [5, 5.41) is 11.0. The molecule has 29 heavy (non-hydrogen) atoms. The van der Waals surface area contributed by atoms with Crippen LogP contribution in [0.25, 0.3) is 0 Å². The van der Waals surface area contributed by atoms with Crippen molar-refractivity contribution in [1.82, 2.24) is 20.7 Å². The van der Waals surface area contributed by atoms with E-state index >= 15 is 0 Å². The van der Waals surface area contributed by atoms with Crippen LogP contribution in [0.3, 0.4) is 0 Å². The molecule has 1 aromatic carbocycles. The van der Waals surface area contributed by atoms with E-state index in [9.17, 15) is 0 Å². The number of nitrogens with one attached hydrogen (secondary N) is 2. The fraction of sp³-hybridized carbons (Fsp3) is 0.545. The molecule has 0 radical (unpaired) electrons. The van der Waals surface area contributed by atoms with E-state index in [-0.39, 0.29) is 24.0 Å². The second-order valence-electron chi connectivity index (χ2n) is 7.13. The first-order valence-corrected chi connectivity index (χ1v) is 10.2. The molecule has 0 aliphatic heterocycles. The Bertz CT molecular complexity index is 711. The maximum absolute atomic E-state index is 5.43. The molecule has 2 N–H and O–H groups in total.